The van der Waals surface area contributed by atoms with Crippen LogP contribution < -0.4 is 0 Å². The van der Waals surface area contributed by atoms with Gasteiger partial charge < -0.3 is 0 Å². The Bertz CT molecular complexity index is 843. The molecule has 3 rings (SSSR count). The summed E-state index contributed by atoms with van der Waals surface area (Å²) in [5, 5.41) is 0. The summed E-state index contributed by atoms with van der Waals surface area (Å²) in [6.07, 6.45) is 7.11. The SMILES string of the molecule is C=C(CC1(c2ccc(CC)cc2)CCCCC1)S(=O)(=O)c1ccccc1. The fourth-order valence-corrected chi connectivity index (χ4v) is 5.44. The second kappa shape index (κ2) is 7.79. The number of hydrogen-bond donors (Lipinski definition) is 0. The van der Waals surface area contributed by atoms with Crippen LogP contribution >= 0.6 is 0 Å². The van der Waals surface area contributed by atoms with Crippen molar-refractivity contribution in [3.05, 3.63) is 77.2 Å². The molecule has 0 saturated heterocycles. The van der Waals surface area contributed by atoms with Crippen LogP contribution in [0, 0.1) is 0 Å². The van der Waals surface area contributed by atoms with Crippen molar-refractivity contribution in [2.75, 3.05) is 0 Å². The maximum atomic E-state index is 13.0. The van der Waals surface area contributed by atoms with E-state index in [2.05, 4.69) is 37.8 Å². The third-order valence-electron chi connectivity index (χ3n) is 5.75. The van der Waals surface area contributed by atoms with Crippen LogP contribution in [-0.4, -0.2) is 8.42 Å². The highest BCUT2D eigenvalue weighted by Crippen LogP contribution is 2.45. The fourth-order valence-electron chi connectivity index (χ4n) is 4.13. The normalized spacial score (nSPS) is 17.0. The minimum atomic E-state index is -3.49. The summed E-state index contributed by atoms with van der Waals surface area (Å²) in [5.41, 5.74) is 2.47. The van der Waals surface area contributed by atoms with E-state index in [9.17, 15) is 8.42 Å². The van der Waals surface area contributed by atoms with E-state index >= 15 is 0 Å². The summed E-state index contributed by atoms with van der Waals surface area (Å²) in [7, 11) is -3.49. The Morgan fingerprint density at radius 1 is 0.962 bits per heavy atom. The quantitative estimate of drug-likeness (QED) is 0.643. The minimum Gasteiger partial charge on any atom is -0.219 e. The molecule has 0 atom stereocenters. The van der Waals surface area contributed by atoms with Crippen LogP contribution in [0.4, 0.5) is 0 Å². The van der Waals surface area contributed by atoms with Crippen LogP contribution in [0.2, 0.25) is 0 Å². The number of allylic oxidation sites excluding steroid dienone is 1. The Morgan fingerprint density at radius 3 is 2.15 bits per heavy atom. The van der Waals surface area contributed by atoms with Crippen LogP contribution in [0.15, 0.2) is 71.0 Å². The Labute approximate surface area is 157 Å². The smallest absolute Gasteiger partial charge is 0.202 e. The lowest BCUT2D eigenvalue weighted by molar-refractivity contribution is 0.293. The largest absolute Gasteiger partial charge is 0.219 e. The van der Waals surface area contributed by atoms with E-state index in [1.165, 1.54) is 17.5 Å². The highest BCUT2D eigenvalue weighted by molar-refractivity contribution is 7.95. The molecule has 0 bridgehead atoms. The van der Waals surface area contributed by atoms with Crippen molar-refractivity contribution in [1.82, 2.24) is 0 Å². The molecule has 138 valence electrons. The Morgan fingerprint density at radius 2 is 1.58 bits per heavy atom. The summed E-state index contributed by atoms with van der Waals surface area (Å²) >= 11 is 0. The molecule has 2 aromatic carbocycles. The van der Waals surface area contributed by atoms with Gasteiger partial charge in [0, 0.05) is 10.3 Å². The molecule has 2 nitrogen and oxygen atoms in total. The van der Waals surface area contributed by atoms with E-state index in [1.54, 1.807) is 24.3 Å². The highest BCUT2D eigenvalue weighted by Gasteiger charge is 2.37. The first-order valence-electron chi connectivity index (χ1n) is 9.55. The number of benzene rings is 2. The van der Waals surface area contributed by atoms with Gasteiger partial charge in [-0.05, 0) is 48.9 Å². The second-order valence-corrected chi connectivity index (χ2v) is 9.48. The van der Waals surface area contributed by atoms with Crippen molar-refractivity contribution in [3.8, 4) is 0 Å². The van der Waals surface area contributed by atoms with Crippen molar-refractivity contribution in [3.63, 3.8) is 0 Å². The zero-order valence-electron chi connectivity index (χ0n) is 15.6. The van der Waals surface area contributed by atoms with E-state index in [4.69, 9.17) is 0 Å². The van der Waals surface area contributed by atoms with Crippen molar-refractivity contribution < 1.29 is 8.42 Å². The lowest BCUT2D eigenvalue weighted by Crippen LogP contribution is -2.30. The maximum absolute atomic E-state index is 13.0. The molecule has 0 aliphatic heterocycles. The highest BCUT2D eigenvalue weighted by atomic mass is 32.2. The van der Waals surface area contributed by atoms with Gasteiger partial charge in [0.05, 0.1) is 4.90 Å². The van der Waals surface area contributed by atoms with E-state index in [1.807, 2.05) is 6.07 Å². The van der Waals surface area contributed by atoms with Gasteiger partial charge in [-0.25, -0.2) is 8.42 Å². The first-order chi connectivity index (χ1) is 12.5. The molecule has 2 aromatic rings. The standard InChI is InChI=1S/C23H28O2S/c1-3-20-12-14-21(15-13-20)23(16-8-5-9-17-23)18-19(2)26(24,25)22-10-6-4-7-11-22/h4,6-7,10-15H,2-3,5,8-9,16-18H2,1H3. The number of sulfone groups is 1. The molecule has 0 aromatic heterocycles. The average Bonchev–Trinajstić information content (AvgIpc) is 2.69. The predicted octanol–water partition coefficient (Wildman–Crippen LogP) is 5.83. The van der Waals surface area contributed by atoms with Gasteiger partial charge in [-0.15, -0.1) is 0 Å². The van der Waals surface area contributed by atoms with Crippen molar-refractivity contribution >= 4 is 9.84 Å². The van der Waals surface area contributed by atoms with Crippen LogP contribution in [-0.2, 0) is 21.7 Å². The van der Waals surface area contributed by atoms with Crippen LogP contribution in [0.3, 0.4) is 0 Å². The van der Waals surface area contributed by atoms with E-state index < -0.39 is 9.84 Å². The molecule has 0 unspecified atom stereocenters. The molecule has 0 amide bonds. The molecule has 26 heavy (non-hydrogen) atoms. The molecule has 1 saturated carbocycles. The summed E-state index contributed by atoms with van der Waals surface area (Å²) in [5.74, 6) is 0. The molecule has 0 radical (unpaired) electrons. The topological polar surface area (TPSA) is 34.1 Å². The molecular formula is C23H28O2S. The summed E-state index contributed by atoms with van der Waals surface area (Å²) in [6.45, 7) is 6.17. The maximum Gasteiger partial charge on any atom is 0.202 e. The van der Waals surface area contributed by atoms with Gasteiger partial charge in [-0.1, -0.05) is 75.2 Å². The predicted molar refractivity (Wildman–Crippen MR) is 108 cm³/mol. The van der Waals surface area contributed by atoms with Gasteiger partial charge in [0.15, 0.2) is 0 Å². The van der Waals surface area contributed by atoms with Gasteiger partial charge in [-0.2, -0.15) is 0 Å². The van der Waals surface area contributed by atoms with Gasteiger partial charge in [0.25, 0.3) is 0 Å². The first kappa shape index (κ1) is 18.9. The van der Waals surface area contributed by atoms with Crippen LogP contribution in [0.5, 0.6) is 0 Å². The number of aryl methyl sites for hydroxylation is 1. The number of hydrogen-bond acceptors (Lipinski definition) is 2. The third-order valence-corrected chi connectivity index (χ3v) is 7.55. The van der Waals surface area contributed by atoms with E-state index in [-0.39, 0.29) is 5.41 Å². The molecule has 1 aliphatic rings. The Balaban J connectivity index is 1.92. The van der Waals surface area contributed by atoms with Crippen molar-refractivity contribution in [2.45, 2.75) is 62.2 Å². The van der Waals surface area contributed by atoms with Gasteiger partial charge >= 0.3 is 0 Å². The third kappa shape index (κ3) is 3.78. The zero-order chi connectivity index (χ0) is 18.6. The van der Waals surface area contributed by atoms with Gasteiger partial charge in [-0.3, -0.25) is 0 Å². The monoisotopic (exact) mass is 368 g/mol. The molecule has 0 N–H and O–H groups in total. The molecule has 1 fully saturated rings. The zero-order valence-corrected chi connectivity index (χ0v) is 16.4. The average molecular weight is 369 g/mol. The van der Waals surface area contributed by atoms with E-state index in [0.29, 0.717) is 16.2 Å². The number of rotatable bonds is 6. The van der Waals surface area contributed by atoms with Crippen LogP contribution in [0.25, 0.3) is 0 Å². The Hall–Kier alpha value is -1.87. The molecular weight excluding hydrogens is 340 g/mol. The van der Waals surface area contributed by atoms with Crippen LogP contribution in [0.1, 0.15) is 56.6 Å². The fraction of sp³-hybridized carbons (Fsp3) is 0.391. The van der Waals surface area contributed by atoms with Gasteiger partial charge in [0.2, 0.25) is 9.84 Å². The molecule has 0 spiro atoms. The molecule has 0 heterocycles. The molecule has 3 heteroatoms. The van der Waals surface area contributed by atoms with E-state index in [0.717, 1.165) is 32.1 Å². The first-order valence-corrected chi connectivity index (χ1v) is 11.0. The molecule has 1 aliphatic carbocycles. The summed E-state index contributed by atoms with van der Waals surface area (Å²) in [4.78, 5) is 0.683. The summed E-state index contributed by atoms with van der Waals surface area (Å²) in [6, 6.07) is 17.4. The summed E-state index contributed by atoms with van der Waals surface area (Å²) < 4.78 is 26.0. The Kier molecular flexibility index (Phi) is 5.67. The van der Waals surface area contributed by atoms with Crippen molar-refractivity contribution in [1.29, 1.82) is 0 Å². The van der Waals surface area contributed by atoms with Crippen molar-refractivity contribution in [2.24, 2.45) is 0 Å². The second-order valence-electron chi connectivity index (χ2n) is 7.42. The van der Waals surface area contributed by atoms with Gasteiger partial charge in [0.1, 0.15) is 0 Å². The lowest BCUT2D eigenvalue weighted by Gasteiger charge is -2.38. The lowest BCUT2D eigenvalue weighted by atomic mass is 9.67. The minimum absolute atomic E-state index is 0.108.